The SMILES string of the molecule is CCCCCCCCCCCCCCCCC(C)(C)CCC(C1CCNCC1)C(C)(C)C(=O)O. The molecule has 3 heteroatoms. The highest BCUT2D eigenvalue weighted by atomic mass is 16.4. The predicted molar refractivity (Wildman–Crippen MR) is 148 cm³/mol. The maximum absolute atomic E-state index is 12.0. The Hall–Kier alpha value is -0.570. The maximum atomic E-state index is 12.0. The number of rotatable bonds is 21. The van der Waals surface area contributed by atoms with E-state index in [1.54, 1.807) is 0 Å². The van der Waals surface area contributed by atoms with Gasteiger partial charge in [0.1, 0.15) is 0 Å². The Kier molecular flexibility index (Phi) is 16.5. The van der Waals surface area contributed by atoms with Crippen molar-refractivity contribution in [2.75, 3.05) is 13.1 Å². The number of aliphatic carboxylic acids is 1. The van der Waals surface area contributed by atoms with Gasteiger partial charge in [0, 0.05) is 0 Å². The first-order valence-electron chi connectivity index (χ1n) is 15.1. The summed E-state index contributed by atoms with van der Waals surface area (Å²) in [5.41, 5.74) is -0.315. The highest BCUT2D eigenvalue weighted by molar-refractivity contribution is 5.74. The van der Waals surface area contributed by atoms with Crippen molar-refractivity contribution in [1.82, 2.24) is 5.32 Å². The van der Waals surface area contributed by atoms with Crippen LogP contribution in [-0.2, 0) is 4.79 Å². The zero-order valence-corrected chi connectivity index (χ0v) is 23.9. The van der Waals surface area contributed by atoms with Crippen molar-refractivity contribution in [2.45, 2.75) is 157 Å². The first kappa shape index (κ1) is 31.5. The van der Waals surface area contributed by atoms with Gasteiger partial charge in [0.05, 0.1) is 5.41 Å². The fourth-order valence-corrected chi connectivity index (χ4v) is 6.06. The van der Waals surface area contributed by atoms with Crippen LogP contribution >= 0.6 is 0 Å². The molecule has 1 fully saturated rings. The normalized spacial score (nSPS) is 16.6. The van der Waals surface area contributed by atoms with Crippen LogP contribution in [0.25, 0.3) is 0 Å². The number of carboxylic acid groups (broad SMARTS) is 1. The van der Waals surface area contributed by atoms with Crippen LogP contribution in [0.2, 0.25) is 0 Å². The summed E-state index contributed by atoms with van der Waals surface area (Å²) < 4.78 is 0. The summed E-state index contributed by atoms with van der Waals surface area (Å²) in [6, 6.07) is 0. The number of hydrogen-bond donors (Lipinski definition) is 2. The van der Waals surface area contributed by atoms with E-state index in [1.807, 2.05) is 13.8 Å². The van der Waals surface area contributed by atoms with E-state index >= 15 is 0 Å². The summed E-state index contributed by atoms with van der Waals surface area (Å²) in [6.07, 6.45) is 25.5. The fraction of sp³-hybridized carbons (Fsp3) is 0.968. The lowest BCUT2D eigenvalue weighted by Crippen LogP contribution is -2.42. The van der Waals surface area contributed by atoms with Gasteiger partial charge in [-0.05, 0) is 76.3 Å². The van der Waals surface area contributed by atoms with E-state index < -0.39 is 11.4 Å². The minimum atomic E-state index is -0.632. The molecular formula is C31H61NO2. The zero-order valence-electron chi connectivity index (χ0n) is 23.9. The second-order valence-electron chi connectivity index (χ2n) is 12.8. The van der Waals surface area contributed by atoms with Gasteiger partial charge >= 0.3 is 5.97 Å². The lowest BCUT2D eigenvalue weighted by molar-refractivity contribution is -0.152. The Labute approximate surface area is 213 Å². The first-order chi connectivity index (χ1) is 16.2. The van der Waals surface area contributed by atoms with Gasteiger partial charge in [0.25, 0.3) is 0 Å². The molecule has 1 unspecified atom stereocenters. The van der Waals surface area contributed by atoms with Crippen LogP contribution in [0.5, 0.6) is 0 Å². The number of nitrogens with one attached hydrogen (secondary N) is 1. The summed E-state index contributed by atoms with van der Waals surface area (Å²) in [7, 11) is 0. The van der Waals surface area contributed by atoms with Gasteiger partial charge in [-0.1, -0.05) is 111 Å². The molecule has 0 amide bonds. The van der Waals surface area contributed by atoms with Crippen molar-refractivity contribution in [3.8, 4) is 0 Å². The smallest absolute Gasteiger partial charge is 0.309 e. The molecule has 2 N–H and O–H groups in total. The molecule has 1 atom stereocenters. The Morgan fingerprint density at radius 2 is 1.21 bits per heavy atom. The van der Waals surface area contributed by atoms with E-state index in [2.05, 4.69) is 26.1 Å². The fourth-order valence-electron chi connectivity index (χ4n) is 6.06. The Bertz CT molecular complexity index is 508. The Morgan fingerprint density at radius 1 is 0.765 bits per heavy atom. The molecule has 0 aliphatic carbocycles. The minimum Gasteiger partial charge on any atom is -0.481 e. The molecule has 0 aromatic heterocycles. The molecule has 3 nitrogen and oxygen atoms in total. The van der Waals surface area contributed by atoms with Gasteiger partial charge in [-0.3, -0.25) is 4.79 Å². The molecule has 0 saturated carbocycles. The van der Waals surface area contributed by atoms with Crippen LogP contribution < -0.4 is 5.32 Å². The summed E-state index contributed by atoms with van der Waals surface area (Å²) in [5.74, 6) is 0.202. The van der Waals surface area contributed by atoms with Crippen LogP contribution in [0.3, 0.4) is 0 Å². The van der Waals surface area contributed by atoms with Crippen LogP contribution in [0.15, 0.2) is 0 Å². The standard InChI is InChI=1S/C31H61NO2/c1-6-7-8-9-10-11-12-13-14-15-16-17-18-19-23-30(2,3)24-20-28(31(4,5)29(33)34)27-21-25-32-26-22-27/h27-28,32H,6-26H2,1-5H3,(H,33,34). The van der Waals surface area contributed by atoms with E-state index in [4.69, 9.17) is 0 Å². The Balaban J connectivity index is 2.17. The van der Waals surface area contributed by atoms with Gasteiger partial charge in [-0.2, -0.15) is 0 Å². The van der Waals surface area contributed by atoms with Crippen molar-refractivity contribution < 1.29 is 9.90 Å². The molecule has 0 bridgehead atoms. The molecule has 1 rings (SSSR count). The second-order valence-corrected chi connectivity index (χ2v) is 12.8. The van der Waals surface area contributed by atoms with E-state index in [0.717, 1.165) is 38.8 Å². The highest BCUT2D eigenvalue weighted by Gasteiger charge is 2.41. The van der Waals surface area contributed by atoms with E-state index in [9.17, 15) is 9.90 Å². The molecular weight excluding hydrogens is 418 g/mol. The van der Waals surface area contributed by atoms with Gasteiger partial charge in [0.15, 0.2) is 0 Å². The van der Waals surface area contributed by atoms with Gasteiger partial charge in [0.2, 0.25) is 0 Å². The highest BCUT2D eigenvalue weighted by Crippen LogP contribution is 2.43. The summed E-state index contributed by atoms with van der Waals surface area (Å²) >= 11 is 0. The monoisotopic (exact) mass is 479 g/mol. The summed E-state index contributed by atoms with van der Waals surface area (Å²) in [4.78, 5) is 12.0. The lowest BCUT2D eigenvalue weighted by atomic mass is 9.65. The molecule has 0 spiro atoms. The lowest BCUT2D eigenvalue weighted by Gasteiger charge is -2.40. The summed E-state index contributed by atoms with van der Waals surface area (Å²) in [6.45, 7) is 13.1. The molecule has 0 radical (unpaired) electrons. The van der Waals surface area contributed by atoms with Crippen molar-refractivity contribution in [3.63, 3.8) is 0 Å². The maximum Gasteiger partial charge on any atom is 0.309 e. The molecule has 1 aliphatic heterocycles. The molecule has 0 aromatic carbocycles. The molecule has 1 heterocycles. The summed E-state index contributed by atoms with van der Waals surface area (Å²) in [5, 5.41) is 13.3. The topological polar surface area (TPSA) is 49.3 Å². The van der Waals surface area contributed by atoms with Gasteiger partial charge < -0.3 is 10.4 Å². The van der Waals surface area contributed by atoms with Crippen molar-refractivity contribution >= 4 is 5.97 Å². The largest absolute Gasteiger partial charge is 0.481 e. The molecule has 202 valence electrons. The van der Waals surface area contributed by atoms with Crippen molar-refractivity contribution in [2.24, 2.45) is 22.7 Å². The Morgan fingerprint density at radius 3 is 1.65 bits per heavy atom. The van der Waals surface area contributed by atoms with E-state index in [0.29, 0.717) is 11.3 Å². The quantitative estimate of drug-likeness (QED) is 0.161. The third-order valence-electron chi connectivity index (χ3n) is 8.77. The molecule has 34 heavy (non-hydrogen) atoms. The van der Waals surface area contributed by atoms with Crippen LogP contribution in [0.4, 0.5) is 0 Å². The average molecular weight is 480 g/mol. The molecule has 0 aromatic rings. The molecule has 1 aliphatic rings. The predicted octanol–water partition coefficient (Wildman–Crippen LogP) is 9.39. The number of carbonyl (C=O) groups is 1. The number of carboxylic acids is 1. The molecule has 1 saturated heterocycles. The van der Waals surface area contributed by atoms with Crippen molar-refractivity contribution in [1.29, 1.82) is 0 Å². The van der Waals surface area contributed by atoms with E-state index in [1.165, 1.54) is 96.3 Å². The van der Waals surface area contributed by atoms with Crippen LogP contribution in [0.1, 0.15) is 157 Å². The van der Waals surface area contributed by atoms with Crippen LogP contribution in [-0.4, -0.2) is 24.2 Å². The third kappa shape index (κ3) is 13.5. The zero-order chi connectivity index (χ0) is 25.3. The van der Waals surface area contributed by atoms with Gasteiger partial charge in [-0.15, -0.1) is 0 Å². The third-order valence-corrected chi connectivity index (χ3v) is 8.77. The first-order valence-corrected chi connectivity index (χ1v) is 15.1. The average Bonchev–Trinajstić information content (AvgIpc) is 2.79. The van der Waals surface area contributed by atoms with Crippen LogP contribution in [0, 0.1) is 22.7 Å². The number of hydrogen-bond acceptors (Lipinski definition) is 2. The van der Waals surface area contributed by atoms with Gasteiger partial charge in [-0.25, -0.2) is 0 Å². The number of unbranched alkanes of at least 4 members (excludes halogenated alkanes) is 13. The number of piperidine rings is 1. The van der Waals surface area contributed by atoms with Crippen molar-refractivity contribution in [3.05, 3.63) is 0 Å². The second kappa shape index (κ2) is 17.8. The van der Waals surface area contributed by atoms with E-state index in [-0.39, 0.29) is 5.92 Å². The minimum absolute atomic E-state index is 0.280.